The summed E-state index contributed by atoms with van der Waals surface area (Å²) in [5.41, 5.74) is 1.22. The minimum absolute atomic E-state index is 0.142. The van der Waals surface area contributed by atoms with Crippen LogP contribution in [0.4, 0.5) is 8.78 Å². The molecule has 0 saturated heterocycles. The van der Waals surface area contributed by atoms with Crippen LogP contribution in [0, 0.1) is 17.0 Å². The molecule has 0 spiro atoms. The molecule has 158 valence electrons. The zero-order valence-corrected chi connectivity index (χ0v) is 18.3. The minimum Gasteiger partial charge on any atom is -0.444 e. The summed E-state index contributed by atoms with van der Waals surface area (Å²) in [6.07, 6.45) is 5.46. The predicted molar refractivity (Wildman–Crippen MR) is 110 cm³/mol. The van der Waals surface area contributed by atoms with E-state index in [1.165, 1.54) is 12.1 Å². The molecule has 2 heterocycles. The van der Waals surface area contributed by atoms with Crippen molar-refractivity contribution in [2.45, 2.75) is 70.6 Å². The van der Waals surface area contributed by atoms with Gasteiger partial charge in [-0.25, -0.2) is 18.4 Å². The van der Waals surface area contributed by atoms with E-state index in [1.54, 1.807) is 4.68 Å². The van der Waals surface area contributed by atoms with E-state index in [0.29, 0.717) is 5.89 Å². The van der Waals surface area contributed by atoms with Gasteiger partial charge in [0.2, 0.25) is 5.89 Å². The van der Waals surface area contributed by atoms with Crippen LogP contribution < -0.4 is 0 Å². The molecule has 1 fully saturated rings. The highest BCUT2D eigenvalue weighted by atomic mass is 19.1. The van der Waals surface area contributed by atoms with Crippen LogP contribution in [-0.2, 0) is 16.2 Å². The van der Waals surface area contributed by atoms with Gasteiger partial charge in [-0.3, -0.25) is 0 Å². The first kappa shape index (κ1) is 19.5. The van der Waals surface area contributed by atoms with Crippen LogP contribution in [0.15, 0.2) is 35.0 Å². The van der Waals surface area contributed by atoms with Crippen molar-refractivity contribution >= 4 is 0 Å². The van der Waals surface area contributed by atoms with E-state index < -0.39 is 17.0 Å². The van der Waals surface area contributed by atoms with Crippen molar-refractivity contribution in [2.24, 2.45) is 5.41 Å². The van der Waals surface area contributed by atoms with Crippen molar-refractivity contribution in [1.82, 2.24) is 14.8 Å². The average molecular weight is 411 g/mol. The summed E-state index contributed by atoms with van der Waals surface area (Å²) in [5, 5.41) is 4.56. The average Bonchev–Trinajstić information content (AvgIpc) is 3.35. The second kappa shape index (κ2) is 5.59. The Hall–Kier alpha value is -2.50. The molecule has 0 amide bonds. The number of oxazole rings is 1. The SMILES string of the molecule is CC(C)(C)c1cnc(C23CCC(C)(c4c2cnn4-c2ccc(F)cc2F)C3(C)C)o1. The Labute approximate surface area is 175 Å². The third-order valence-electron chi connectivity index (χ3n) is 7.95. The molecule has 4 nitrogen and oxygen atoms in total. The predicted octanol–water partition coefficient (Wildman–Crippen LogP) is 5.81. The van der Waals surface area contributed by atoms with Crippen LogP contribution in [0.1, 0.15) is 77.3 Å². The molecule has 2 unspecified atom stereocenters. The number of halogens is 2. The van der Waals surface area contributed by atoms with Gasteiger partial charge in [-0.2, -0.15) is 5.10 Å². The highest BCUT2D eigenvalue weighted by molar-refractivity contribution is 5.56. The first-order valence-corrected chi connectivity index (χ1v) is 10.4. The number of fused-ring (bicyclic) bond motifs is 5. The molecule has 0 aliphatic heterocycles. The largest absolute Gasteiger partial charge is 0.444 e. The summed E-state index contributed by atoms with van der Waals surface area (Å²) in [7, 11) is 0. The first-order chi connectivity index (χ1) is 13.9. The van der Waals surface area contributed by atoms with Crippen LogP contribution in [0.5, 0.6) is 0 Å². The number of rotatable bonds is 2. The molecule has 2 aliphatic carbocycles. The molecule has 1 aromatic carbocycles. The van der Waals surface area contributed by atoms with E-state index in [1.807, 2.05) is 12.4 Å². The van der Waals surface area contributed by atoms with Gasteiger partial charge in [-0.1, -0.05) is 41.5 Å². The van der Waals surface area contributed by atoms with Gasteiger partial charge in [0.05, 0.1) is 23.5 Å². The minimum atomic E-state index is -0.620. The molecule has 0 N–H and O–H groups in total. The van der Waals surface area contributed by atoms with Crippen molar-refractivity contribution in [2.75, 3.05) is 0 Å². The van der Waals surface area contributed by atoms with Crippen LogP contribution in [0.2, 0.25) is 0 Å². The van der Waals surface area contributed by atoms with Crippen LogP contribution in [0.3, 0.4) is 0 Å². The Morgan fingerprint density at radius 1 is 1.07 bits per heavy atom. The monoisotopic (exact) mass is 411 g/mol. The molecule has 2 aromatic heterocycles. The van der Waals surface area contributed by atoms with Gasteiger partial charge in [0, 0.05) is 22.5 Å². The zero-order valence-electron chi connectivity index (χ0n) is 18.3. The summed E-state index contributed by atoms with van der Waals surface area (Å²) in [4.78, 5) is 4.74. The topological polar surface area (TPSA) is 43.9 Å². The van der Waals surface area contributed by atoms with Gasteiger partial charge in [0.1, 0.15) is 17.3 Å². The van der Waals surface area contributed by atoms with Gasteiger partial charge in [0.25, 0.3) is 0 Å². The Bertz CT molecular complexity index is 1170. The first-order valence-electron chi connectivity index (χ1n) is 10.4. The lowest BCUT2D eigenvalue weighted by Crippen LogP contribution is -2.41. The standard InChI is InChI=1S/C24H27F2N3O/c1-21(2,3)18-13-27-20(30-18)24-10-9-23(6,22(24,4)5)19-15(24)12-28-29(19)17-8-7-14(25)11-16(17)26/h7-8,11-13H,9-10H2,1-6H3. The van der Waals surface area contributed by atoms with E-state index in [2.05, 4.69) is 46.6 Å². The van der Waals surface area contributed by atoms with Crippen molar-refractivity contribution < 1.29 is 13.2 Å². The van der Waals surface area contributed by atoms with E-state index in [4.69, 9.17) is 9.40 Å². The van der Waals surface area contributed by atoms with E-state index in [-0.39, 0.29) is 21.9 Å². The molecular weight excluding hydrogens is 384 g/mol. The Morgan fingerprint density at radius 2 is 1.80 bits per heavy atom. The maximum absolute atomic E-state index is 14.7. The van der Waals surface area contributed by atoms with Gasteiger partial charge in [-0.15, -0.1) is 0 Å². The normalized spacial score (nSPS) is 26.9. The molecule has 5 rings (SSSR count). The van der Waals surface area contributed by atoms with Gasteiger partial charge >= 0.3 is 0 Å². The Kier molecular flexibility index (Phi) is 3.63. The molecule has 0 radical (unpaired) electrons. The summed E-state index contributed by atoms with van der Waals surface area (Å²) in [5.74, 6) is 0.338. The van der Waals surface area contributed by atoms with Gasteiger partial charge in [0.15, 0.2) is 5.82 Å². The quantitative estimate of drug-likeness (QED) is 0.534. The van der Waals surface area contributed by atoms with Gasteiger partial charge < -0.3 is 4.42 Å². The maximum Gasteiger partial charge on any atom is 0.205 e. The summed E-state index contributed by atoms with van der Waals surface area (Å²) >= 11 is 0. The molecule has 2 atom stereocenters. The fourth-order valence-corrected chi connectivity index (χ4v) is 5.75. The van der Waals surface area contributed by atoms with Crippen molar-refractivity contribution in [3.8, 4) is 5.69 Å². The van der Waals surface area contributed by atoms with E-state index in [0.717, 1.165) is 35.9 Å². The van der Waals surface area contributed by atoms with Crippen molar-refractivity contribution in [3.63, 3.8) is 0 Å². The number of aromatic nitrogens is 3. The Morgan fingerprint density at radius 3 is 2.43 bits per heavy atom. The Balaban J connectivity index is 1.76. The fraction of sp³-hybridized carbons (Fsp3) is 0.500. The highest BCUT2D eigenvalue weighted by Gasteiger charge is 2.72. The van der Waals surface area contributed by atoms with Crippen molar-refractivity contribution in [1.29, 1.82) is 0 Å². The van der Waals surface area contributed by atoms with Gasteiger partial charge in [-0.05, 0) is 30.4 Å². The third kappa shape index (κ3) is 2.09. The third-order valence-corrected chi connectivity index (χ3v) is 7.95. The lowest BCUT2D eigenvalue weighted by molar-refractivity contribution is 0.153. The molecule has 2 bridgehead atoms. The maximum atomic E-state index is 14.7. The van der Waals surface area contributed by atoms with Crippen LogP contribution in [-0.4, -0.2) is 14.8 Å². The molecule has 3 aromatic rings. The summed E-state index contributed by atoms with van der Waals surface area (Å²) < 4.78 is 36.2. The zero-order chi connectivity index (χ0) is 21.7. The number of benzene rings is 1. The lowest BCUT2D eigenvalue weighted by Gasteiger charge is -2.40. The summed E-state index contributed by atoms with van der Waals surface area (Å²) in [6.45, 7) is 13.0. The van der Waals surface area contributed by atoms with Crippen molar-refractivity contribution in [3.05, 3.63) is 65.1 Å². The fourth-order valence-electron chi connectivity index (χ4n) is 5.75. The molecule has 2 aliphatic rings. The van der Waals surface area contributed by atoms with E-state index in [9.17, 15) is 8.78 Å². The lowest BCUT2D eigenvalue weighted by atomic mass is 9.63. The van der Waals surface area contributed by atoms with E-state index >= 15 is 0 Å². The highest BCUT2D eigenvalue weighted by Crippen LogP contribution is 2.72. The number of hydrogen-bond donors (Lipinski definition) is 0. The van der Waals surface area contributed by atoms with Crippen LogP contribution in [0.25, 0.3) is 5.69 Å². The molecule has 30 heavy (non-hydrogen) atoms. The second-order valence-corrected chi connectivity index (χ2v) is 10.6. The number of nitrogens with zero attached hydrogens (tertiary/aromatic N) is 3. The molecular formula is C24H27F2N3O. The second-order valence-electron chi connectivity index (χ2n) is 10.6. The molecule has 6 heteroatoms. The van der Waals surface area contributed by atoms with Crippen LogP contribution >= 0.6 is 0 Å². The smallest absolute Gasteiger partial charge is 0.205 e. The number of hydrogen-bond acceptors (Lipinski definition) is 3. The molecule has 1 saturated carbocycles. The summed E-state index contributed by atoms with van der Waals surface area (Å²) in [6, 6.07) is 3.63.